The lowest BCUT2D eigenvalue weighted by molar-refractivity contribution is 0.181. The molecule has 2 N–H and O–H groups in total. The Balaban J connectivity index is 1.94. The van der Waals surface area contributed by atoms with E-state index in [9.17, 15) is 0 Å². The van der Waals surface area contributed by atoms with Crippen LogP contribution in [0, 0.1) is 0 Å². The van der Waals surface area contributed by atoms with Gasteiger partial charge in [-0.2, -0.15) is 4.98 Å². The normalized spacial score (nSPS) is 18.1. The minimum absolute atomic E-state index is 0.418. The molecule has 1 fully saturated rings. The zero-order chi connectivity index (χ0) is 11.0. The van der Waals surface area contributed by atoms with E-state index in [1.54, 1.807) is 12.3 Å². The molecular weight excluding hydrogens is 206 g/mol. The van der Waals surface area contributed by atoms with Crippen LogP contribution in [0.5, 0.6) is 0 Å². The van der Waals surface area contributed by atoms with E-state index in [2.05, 4.69) is 20.1 Å². The van der Waals surface area contributed by atoms with Crippen molar-refractivity contribution in [1.29, 1.82) is 0 Å². The zero-order valence-electron chi connectivity index (χ0n) is 8.63. The lowest BCUT2D eigenvalue weighted by Gasteiger charge is -2.33. The average Bonchev–Trinajstić information content (AvgIpc) is 2.77. The van der Waals surface area contributed by atoms with Gasteiger partial charge in [-0.15, -0.1) is 0 Å². The number of hydrogen-bond acceptors (Lipinski definition) is 6. The van der Waals surface area contributed by atoms with Crippen molar-refractivity contribution in [2.24, 2.45) is 5.73 Å². The SMILES string of the molecule is NC1(c2nc(-c3ccncn3)no2)CCC1. The molecule has 2 aromatic heterocycles. The van der Waals surface area contributed by atoms with Crippen molar-refractivity contribution in [3.05, 3.63) is 24.5 Å². The Morgan fingerprint density at radius 2 is 2.25 bits per heavy atom. The van der Waals surface area contributed by atoms with Crippen molar-refractivity contribution in [2.45, 2.75) is 24.8 Å². The van der Waals surface area contributed by atoms with Crippen LogP contribution in [0.4, 0.5) is 0 Å². The second-order valence-electron chi connectivity index (χ2n) is 4.03. The smallest absolute Gasteiger partial charge is 0.247 e. The van der Waals surface area contributed by atoms with Crippen LogP contribution in [0.2, 0.25) is 0 Å². The van der Waals surface area contributed by atoms with E-state index >= 15 is 0 Å². The predicted octanol–water partition coefficient (Wildman–Crippen LogP) is 0.865. The molecular formula is C10H11N5O. The highest BCUT2D eigenvalue weighted by molar-refractivity contribution is 5.46. The first kappa shape index (κ1) is 9.41. The van der Waals surface area contributed by atoms with Gasteiger partial charge in [0.15, 0.2) is 0 Å². The van der Waals surface area contributed by atoms with Crippen molar-refractivity contribution >= 4 is 0 Å². The molecule has 1 aliphatic carbocycles. The van der Waals surface area contributed by atoms with Crippen LogP contribution in [0.25, 0.3) is 11.5 Å². The van der Waals surface area contributed by atoms with Gasteiger partial charge in [-0.1, -0.05) is 5.16 Å². The van der Waals surface area contributed by atoms with Crippen LogP contribution < -0.4 is 5.73 Å². The zero-order valence-corrected chi connectivity index (χ0v) is 8.63. The maximum Gasteiger partial charge on any atom is 0.247 e. The number of hydrogen-bond donors (Lipinski definition) is 1. The first-order valence-electron chi connectivity index (χ1n) is 5.17. The van der Waals surface area contributed by atoms with E-state index < -0.39 is 5.54 Å². The van der Waals surface area contributed by atoms with Gasteiger partial charge in [-0.3, -0.25) is 0 Å². The van der Waals surface area contributed by atoms with Crippen molar-refractivity contribution in [2.75, 3.05) is 0 Å². The van der Waals surface area contributed by atoms with Gasteiger partial charge < -0.3 is 10.3 Å². The lowest BCUT2D eigenvalue weighted by Crippen LogP contribution is -2.43. The summed E-state index contributed by atoms with van der Waals surface area (Å²) in [6.45, 7) is 0. The minimum Gasteiger partial charge on any atom is -0.337 e. The Bertz CT molecular complexity index is 491. The quantitative estimate of drug-likeness (QED) is 0.802. The molecule has 0 atom stereocenters. The fourth-order valence-corrected chi connectivity index (χ4v) is 1.72. The Kier molecular flexibility index (Phi) is 1.97. The summed E-state index contributed by atoms with van der Waals surface area (Å²) < 4.78 is 5.18. The second-order valence-corrected chi connectivity index (χ2v) is 4.03. The van der Waals surface area contributed by atoms with E-state index in [1.165, 1.54) is 6.33 Å². The Labute approximate surface area is 91.9 Å². The molecule has 2 heterocycles. The summed E-state index contributed by atoms with van der Waals surface area (Å²) in [4.78, 5) is 12.2. The fourth-order valence-electron chi connectivity index (χ4n) is 1.72. The first-order chi connectivity index (χ1) is 7.78. The van der Waals surface area contributed by atoms with Gasteiger partial charge in [0.1, 0.15) is 12.0 Å². The van der Waals surface area contributed by atoms with E-state index in [1.807, 2.05) is 0 Å². The molecule has 0 saturated heterocycles. The third-order valence-corrected chi connectivity index (χ3v) is 2.91. The van der Waals surface area contributed by atoms with E-state index in [0.717, 1.165) is 19.3 Å². The number of nitrogens with zero attached hydrogens (tertiary/aromatic N) is 4. The lowest BCUT2D eigenvalue weighted by atomic mass is 9.78. The second kappa shape index (κ2) is 3.34. The molecule has 2 aromatic rings. The number of nitrogens with two attached hydrogens (primary N) is 1. The van der Waals surface area contributed by atoms with Crippen LogP contribution in [0.3, 0.4) is 0 Å². The van der Waals surface area contributed by atoms with Gasteiger partial charge in [-0.05, 0) is 25.3 Å². The summed E-state index contributed by atoms with van der Waals surface area (Å²) in [5.74, 6) is 0.974. The Morgan fingerprint density at radius 1 is 1.38 bits per heavy atom. The van der Waals surface area contributed by atoms with Gasteiger partial charge in [0, 0.05) is 6.20 Å². The molecule has 16 heavy (non-hydrogen) atoms. The van der Waals surface area contributed by atoms with E-state index in [4.69, 9.17) is 10.3 Å². The summed E-state index contributed by atoms with van der Waals surface area (Å²) in [5.41, 5.74) is 6.31. The van der Waals surface area contributed by atoms with Crippen LogP contribution in [0.15, 0.2) is 23.1 Å². The van der Waals surface area contributed by atoms with Crippen LogP contribution in [-0.4, -0.2) is 20.1 Å². The van der Waals surface area contributed by atoms with Crippen LogP contribution in [0.1, 0.15) is 25.2 Å². The molecule has 1 aliphatic rings. The van der Waals surface area contributed by atoms with Gasteiger partial charge in [0.25, 0.3) is 0 Å². The summed E-state index contributed by atoms with van der Waals surface area (Å²) >= 11 is 0. The maximum atomic E-state index is 6.09. The molecule has 0 aromatic carbocycles. The van der Waals surface area contributed by atoms with Crippen LogP contribution >= 0.6 is 0 Å². The number of rotatable bonds is 2. The summed E-state index contributed by atoms with van der Waals surface area (Å²) in [5, 5.41) is 3.88. The third-order valence-electron chi connectivity index (χ3n) is 2.91. The largest absolute Gasteiger partial charge is 0.337 e. The topological polar surface area (TPSA) is 90.7 Å². The maximum absolute atomic E-state index is 6.09. The molecule has 3 rings (SSSR count). The van der Waals surface area contributed by atoms with Gasteiger partial charge in [-0.25, -0.2) is 9.97 Å². The molecule has 0 radical (unpaired) electrons. The molecule has 0 spiro atoms. The van der Waals surface area contributed by atoms with Gasteiger partial charge >= 0.3 is 0 Å². The van der Waals surface area contributed by atoms with Gasteiger partial charge in [0.05, 0.1) is 5.54 Å². The molecule has 0 amide bonds. The number of aromatic nitrogens is 4. The van der Waals surface area contributed by atoms with Crippen molar-refractivity contribution in [3.63, 3.8) is 0 Å². The molecule has 0 bridgehead atoms. The standard InChI is InChI=1S/C10H11N5O/c11-10(3-1-4-10)9-14-8(15-16-9)7-2-5-12-6-13-7/h2,5-6H,1,3-4,11H2. The summed E-state index contributed by atoms with van der Waals surface area (Å²) in [6, 6.07) is 1.73. The summed E-state index contributed by atoms with van der Waals surface area (Å²) in [7, 11) is 0. The van der Waals surface area contributed by atoms with E-state index in [0.29, 0.717) is 17.4 Å². The highest BCUT2D eigenvalue weighted by atomic mass is 16.5. The van der Waals surface area contributed by atoms with Crippen LogP contribution in [-0.2, 0) is 5.54 Å². The van der Waals surface area contributed by atoms with Crippen molar-refractivity contribution < 1.29 is 4.52 Å². The summed E-state index contributed by atoms with van der Waals surface area (Å²) in [6.07, 6.45) is 6.01. The molecule has 82 valence electrons. The van der Waals surface area contributed by atoms with E-state index in [-0.39, 0.29) is 0 Å². The third kappa shape index (κ3) is 1.38. The Hall–Kier alpha value is -1.82. The highest BCUT2D eigenvalue weighted by Gasteiger charge is 2.40. The highest BCUT2D eigenvalue weighted by Crippen LogP contribution is 2.38. The van der Waals surface area contributed by atoms with Gasteiger partial charge in [0.2, 0.25) is 11.7 Å². The monoisotopic (exact) mass is 217 g/mol. The molecule has 0 unspecified atom stereocenters. The first-order valence-corrected chi connectivity index (χ1v) is 5.17. The molecule has 6 heteroatoms. The van der Waals surface area contributed by atoms with Crippen molar-refractivity contribution in [1.82, 2.24) is 20.1 Å². The molecule has 0 aliphatic heterocycles. The average molecular weight is 217 g/mol. The predicted molar refractivity (Wildman–Crippen MR) is 55.0 cm³/mol. The Morgan fingerprint density at radius 3 is 2.88 bits per heavy atom. The minimum atomic E-state index is -0.418. The fraction of sp³-hybridized carbons (Fsp3) is 0.400. The molecule has 1 saturated carbocycles. The van der Waals surface area contributed by atoms with Crippen molar-refractivity contribution in [3.8, 4) is 11.5 Å². The molecule has 6 nitrogen and oxygen atoms in total.